The molecule has 152 valence electrons. The molecule has 1 aliphatic heterocycles. The molecule has 1 aliphatic rings. The van der Waals surface area contributed by atoms with Crippen LogP contribution in [0.25, 0.3) is 0 Å². The Morgan fingerprint density at radius 3 is 2.50 bits per heavy atom. The molecule has 1 heterocycles. The molecule has 1 fully saturated rings. The second-order valence-electron chi connectivity index (χ2n) is 6.28. The number of nitrogens with one attached hydrogen (secondary N) is 2. The van der Waals surface area contributed by atoms with Gasteiger partial charge in [-0.3, -0.25) is 19.3 Å². The fourth-order valence-electron chi connectivity index (χ4n) is 2.54. The molecule has 1 aromatic rings. The highest BCUT2D eigenvalue weighted by atomic mass is 16.5. The van der Waals surface area contributed by atoms with Crippen molar-refractivity contribution in [1.29, 1.82) is 0 Å². The van der Waals surface area contributed by atoms with Crippen molar-refractivity contribution in [2.45, 2.75) is 25.8 Å². The van der Waals surface area contributed by atoms with E-state index in [4.69, 9.17) is 14.2 Å². The number of amides is 4. The number of nitrogens with zero attached hydrogens (tertiary/aromatic N) is 1. The average Bonchev–Trinajstić information content (AvgIpc) is 2.90. The van der Waals surface area contributed by atoms with Gasteiger partial charge in [0.15, 0.2) is 6.61 Å². The number of anilines is 1. The summed E-state index contributed by atoms with van der Waals surface area (Å²) in [5.74, 6) is -1.07. The number of esters is 1. The van der Waals surface area contributed by atoms with E-state index in [1.54, 1.807) is 32.0 Å². The molecule has 1 unspecified atom stereocenters. The monoisotopic (exact) mass is 393 g/mol. The second kappa shape index (κ2) is 8.59. The third-order valence-electron chi connectivity index (χ3n) is 4.39. The van der Waals surface area contributed by atoms with Gasteiger partial charge in [0.1, 0.15) is 23.6 Å². The molecule has 1 saturated heterocycles. The standard InChI is InChI=1S/C18H23N3O7/c1-5-18(2)16(24)21(17(25)20-18)9-15(23)28-10-14(22)19-12-7-6-11(26-3)8-13(12)27-4/h6-8H,5,9-10H2,1-4H3,(H,19,22)(H,20,25). The maximum atomic E-state index is 12.2. The number of hydrogen-bond donors (Lipinski definition) is 2. The summed E-state index contributed by atoms with van der Waals surface area (Å²) in [4.78, 5) is 48.8. The third kappa shape index (κ3) is 4.51. The van der Waals surface area contributed by atoms with E-state index in [9.17, 15) is 19.2 Å². The van der Waals surface area contributed by atoms with Crippen LogP contribution in [0.5, 0.6) is 11.5 Å². The van der Waals surface area contributed by atoms with E-state index in [0.29, 0.717) is 23.6 Å². The number of imide groups is 1. The fourth-order valence-corrected chi connectivity index (χ4v) is 2.54. The first kappa shape index (κ1) is 21.0. The van der Waals surface area contributed by atoms with Crippen molar-refractivity contribution in [3.63, 3.8) is 0 Å². The van der Waals surface area contributed by atoms with Crippen LogP contribution in [0.1, 0.15) is 20.3 Å². The number of benzene rings is 1. The highest BCUT2D eigenvalue weighted by Crippen LogP contribution is 2.28. The van der Waals surface area contributed by atoms with Gasteiger partial charge in [0.05, 0.1) is 19.9 Å². The summed E-state index contributed by atoms with van der Waals surface area (Å²) in [6.07, 6.45) is 0.384. The first-order valence-electron chi connectivity index (χ1n) is 8.55. The Morgan fingerprint density at radius 2 is 1.93 bits per heavy atom. The number of carbonyl (C=O) groups is 4. The molecule has 2 N–H and O–H groups in total. The first-order valence-corrected chi connectivity index (χ1v) is 8.55. The van der Waals surface area contributed by atoms with Crippen LogP contribution in [0.15, 0.2) is 18.2 Å². The van der Waals surface area contributed by atoms with Crippen molar-refractivity contribution in [2.24, 2.45) is 0 Å². The molecule has 0 aliphatic carbocycles. The van der Waals surface area contributed by atoms with E-state index in [1.807, 2.05) is 0 Å². The summed E-state index contributed by atoms with van der Waals surface area (Å²) in [6, 6.07) is 4.13. The van der Waals surface area contributed by atoms with E-state index in [-0.39, 0.29) is 0 Å². The topological polar surface area (TPSA) is 123 Å². The first-order chi connectivity index (χ1) is 13.2. The Morgan fingerprint density at radius 1 is 1.21 bits per heavy atom. The maximum absolute atomic E-state index is 12.2. The van der Waals surface area contributed by atoms with Crippen molar-refractivity contribution in [1.82, 2.24) is 10.2 Å². The maximum Gasteiger partial charge on any atom is 0.326 e. The Bertz CT molecular complexity index is 795. The summed E-state index contributed by atoms with van der Waals surface area (Å²) >= 11 is 0. The predicted molar refractivity (Wildman–Crippen MR) is 98.1 cm³/mol. The predicted octanol–water partition coefficient (Wildman–Crippen LogP) is 0.906. The Labute approximate surface area is 162 Å². The van der Waals surface area contributed by atoms with Gasteiger partial charge in [-0.25, -0.2) is 4.79 Å². The van der Waals surface area contributed by atoms with E-state index in [1.165, 1.54) is 14.2 Å². The van der Waals surface area contributed by atoms with E-state index >= 15 is 0 Å². The molecule has 10 nitrogen and oxygen atoms in total. The molecular weight excluding hydrogens is 370 g/mol. The van der Waals surface area contributed by atoms with Crippen LogP contribution in [0.3, 0.4) is 0 Å². The minimum atomic E-state index is -1.04. The van der Waals surface area contributed by atoms with Gasteiger partial charge in [-0.05, 0) is 25.5 Å². The third-order valence-corrected chi connectivity index (χ3v) is 4.39. The van der Waals surface area contributed by atoms with Gasteiger partial charge in [0.25, 0.3) is 11.8 Å². The van der Waals surface area contributed by atoms with Gasteiger partial charge in [-0.15, -0.1) is 0 Å². The van der Waals surface area contributed by atoms with Crippen molar-refractivity contribution in [3.05, 3.63) is 18.2 Å². The van der Waals surface area contributed by atoms with Crippen molar-refractivity contribution < 1.29 is 33.4 Å². The largest absolute Gasteiger partial charge is 0.497 e. The number of ether oxygens (including phenoxy) is 3. The lowest BCUT2D eigenvalue weighted by Gasteiger charge is -2.18. The lowest BCUT2D eigenvalue weighted by Crippen LogP contribution is -2.43. The zero-order chi connectivity index (χ0) is 20.9. The Kier molecular flexibility index (Phi) is 6.45. The van der Waals surface area contributed by atoms with Crippen LogP contribution in [0.2, 0.25) is 0 Å². The smallest absolute Gasteiger partial charge is 0.326 e. The molecule has 0 saturated carbocycles. The minimum absolute atomic E-state index is 0.372. The van der Waals surface area contributed by atoms with Crippen LogP contribution >= 0.6 is 0 Å². The van der Waals surface area contributed by atoms with Gasteiger partial charge in [-0.2, -0.15) is 0 Å². The normalized spacial score (nSPS) is 18.5. The molecule has 0 aromatic heterocycles. The second-order valence-corrected chi connectivity index (χ2v) is 6.28. The molecule has 4 amide bonds. The van der Waals surface area contributed by atoms with Crippen LogP contribution in [-0.4, -0.2) is 61.6 Å². The Hall–Kier alpha value is -3.30. The summed E-state index contributed by atoms with van der Waals surface area (Å²) < 4.78 is 15.1. The van der Waals surface area contributed by atoms with Crippen LogP contribution in [0, 0.1) is 0 Å². The van der Waals surface area contributed by atoms with Gasteiger partial charge in [0.2, 0.25) is 0 Å². The highest BCUT2D eigenvalue weighted by molar-refractivity contribution is 6.08. The summed E-state index contributed by atoms with van der Waals surface area (Å²) in [5.41, 5.74) is -0.670. The average molecular weight is 393 g/mol. The Balaban J connectivity index is 1.89. The van der Waals surface area contributed by atoms with E-state index in [0.717, 1.165) is 4.90 Å². The van der Waals surface area contributed by atoms with Crippen molar-refractivity contribution in [2.75, 3.05) is 32.7 Å². The molecule has 0 spiro atoms. The molecule has 1 atom stereocenters. The molecule has 0 radical (unpaired) electrons. The number of methoxy groups -OCH3 is 2. The van der Waals surface area contributed by atoms with Gasteiger partial charge < -0.3 is 24.8 Å². The minimum Gasteiger partial charge on any atom is -0.497 e. The lowest BCUT2D eigenvalue weighted by atomic mass is 9.99. The molecule has 0 bridgehead atoms. The van der Waals surface area contributed by atoms with Gasteiger partial charge in [-0.1, -0.05) is 6.92 Å². The molecular formula is C18H23N3O7. The molecule has 1 aromatic carbocycles. The number of hydrogen-bond acceptors (Lipinski definition) is 7. The highest BCUT2D eigenvalue weighted by Gasteiger charge is 2.47. The van der Waals surface area contributed by atoms with Crippen LogP contribution < -0.4 is 20.1 Å². The zero-order valence-electron chi connectivity index (χ0n) is 16.2. The summed E-state index contributed by atoms with van der Waals surface area (Å²) in [6.45, 7) is 2.17. The number of rotatable bonds is 8. The quantitative estimate of drug-likeness (QED) is 0.497. The lowest BCUT2D eigenvalue weighted by molar-refractivity contribution is -0.150. The molecule has 10 heteroatoms. The molecule has 2 rings (SSSR count). The summed E-state index contributed by atoms with van der Waals surface area (Å²) in [5, 5.41) is 5.08. The number of urea groups is 1. The molecule has 28 heavy (non-hydrogen) atoms. The van der Waals surface area contributed by atoms with Crippen LogP contribution in [-0.2, 0) is 19.1 Å². The van der Waals surface area contributed by atoms with Gasteiger partial charge in [0, 0.05) is 6.07 Å². The fraction of sp³-hybridized carbons (Fsp3) is 0.444. The summed E-state index contributed by atoms with van der Waals surface area (Å²) in [7, 11) is 2.94. The van der Waals surface area contributed by atoms with E-state index in [2.05, 4.69) is 10.6 Å². The van der Waals surface area contributed by atoms with Crippen molar-refractivity contribution in [3.8, 4) is 11.5 Å². The number of carbonyl (C=O) groups excluding carboxylic acids is 4. The van der Waals surface area contributed by atoms with Crippen LogP contribution in [0.4, 0.5) is 10.5 Å². The van der Waals surface area contributed by atoms with Crippen molar-refractivity contribution >= 4 is 29.5 Å². The van der Waals surface area contributed by atoms with E-state index < -0.39 is 42.5 Å². The SMILES string of the molecule is CCC1(C)NC(=O)N(CC(=O)OCC(=O)Nc2ccc(OC)cc2OC)C1=O. The zero-order valence-corrected chi connectivity index (χ0v) is 16.2. The van der Waals surface area contributed by atoms with Gasteiger partial charge >= 0.3 is 12.0 Å².